The van der Waals surface area contributed by atoms with Crippen molar-refractivity contribution >= 4 is 27.5 Å². The molecular weight excluding hydrogens is 236 g/mol. The average Bonchev–Trinajstić information content (AvgIpc) is 2.69. The monoisotopic (exact) mass is 250 g/mol. The van der Waals surface area contributed by atoms with E-state index in [2.05, 4.69) is 12.1 Å². The van der Waals surface area contributed by atoms with Crippen LogP contribution in [-0.2, 0) is 6.42 Å². The quantitative estimate of drug-likeness (QED) is 0.649. The molecule has 1 aromatic carbocycles. The van der Waals surface area contributed by atoms with Crippen molar-refractivity contribution in [2.75, 3.05) is 0 Å². The zero-order valence-corrected chi connectivity index (χ0v) is 10.3. The third-order valence-electron chi connectivity index (χ3n) is 2.62. The van der Waals surface area contributed by atoms with Gasteiger partial charge in [-0.1, -0.05) is 18.2 Å². The van der Waals surface area contributed by atoms with E-state index in [-0.39, 0.29) is 6.04 Å². The van der Waals surface area contributed by atoms with Crippen LogP contribution in [0.5, 0.6) is 0 Å². The molecule has 5 heteroatoms. The summed E-state index contributed by atoms with van der Waals surface area (Å²) < 4.78 is 1.21. The molecule has 1 heterocycles. The molecule has 3 N–H and O–H groups in total. The smallest absolute Gasteiger partial charge is 0.338 e. The average molecular weight is 250 g/mol. The molecule has 2 amide bonds. The highest BCUT2D eigenvalue weighted by atomic mass is 32.1. The lowest BCUT2D eigenvalue weighted by Gasteiger charge is -2.19. The first kappa shape index (κ1) is 11.9. The summed E-state index contributed by atoms with van der Waals surface area (Å²) in [5, 5.41) is 11.2. The van der Waals surface area contributed by atoms with Gasteiger partial charge in [-0.15, -0.1) is 11.3 Å². The van der Waals surface area contributed by atoms with Gasteiger partial charge < -0.3 is 5.73 Å². The minimum Gasteiger partial charge on any atom is -0.350 e. The molecule has 0 bridgehead atoms. The summed E-state index contributed by atoms with van der Waals surface area (Å²) in [6.45, 7) is 1.76. The number of primary amides is 1. The fraction of sp³-hybridized carbons (Fsp3) is 0.250. The molecule has 1 unspecified atom stereocenters. The number of hydrogen-bond acceptors (Lipinski definition) is 3. The maximum absolute atomic E-state index is 10.8. The topological polar surface area (TPSA) is 66.6 Å². The number of hydrogen-bond donors (Lipinski definition) is 2. The van der Waals surface area contributed by atoms with Gasteiger partial charge in [0.25, 0.3) is 0 Å². The van der Waals surface area contributed by atoms with Gasteiger partial charge in [0.15, 0.2) is 0 Å². The first-order valence-electron chi connectivity index (χ1n) is 5.33. The Morgan fingerprint density at radius 3 is 2.88 bits per heavy atom. The van der Waals surface area contributed by atoms with E-state index >= 15 is 0 Å². The fourth-order valence-electron chi connectivity index (χ4n) is 1.73. The largest absolute Gasteiger partial charge is 0.350 e. The molecular formula is C12H14N2O2S. The summed E-state index contributed by atoms with van der Waals surface area (Å²) in [6, 6.07) is 9.02. The van der Waals surface area contributed by atoms with Crippen molar-refractivity contribution in [3.8, 4) is 0 Å². The minimum atomic E-state index is -0.821. The van der Waals surface area contributed by atoms with Crippen molar-refractivity contribution < 1.29 is 10.0 Å². The molecule has 1 atom stereocenters. The predicted molar refractivity (Wildman–Crippen MR) is 68.2 cm³/mol. The lowest BCUT2D eigenvalue weighted by atomic mass is 10.2. The Kier molecular flexibility index (Phi) is 3.31. The van der Waals surface area contributed by atoms with Crippen LogP contribution in [0.2, 0.25) is 0 Å². The number of hydroxylamine groups is 2. The van der Waals surface area contributed by atoms with Crippen molar-refractivity contribution in [1.29, 1.82) is 0 Å². The molecule has 17 heavy (non-hydrogen) atoms. The number of carbonyl (C=O) groups is 1. The van der Waals surface area contributed by atoms with E-state index in [1.54, 1.807) is 18.3 Å². The highest BCUT2D eigenvalue weighted by Gasteiger charge is 2.16. The number of amides is 2. The van der Waals surface area contributed by atoms with Crippen LogP contribution in [0.3, 0.4) is 0 Å². The molecule has 0 spiro atoms. The summed E-state index contributed by atoms with van der Waals surface area (Å²) >= 11 is 1.66. The molecule has 90 valence electrons. The van der Waals surface area contributed by atoms with Crippen molar-refractivity contribution in [2.45, 2.75) is 19.4 Å². The number of carbonyl (C=O) groups excluding carboxylic acids is 1. The van der Waals surface area contributed by atoms with Gasteiger partial charge in [-0.05, 0) is 24.4 Å². The van der Waals surface area contributed by atoms with Gasteiger partial charge in [0.2, 0.25) is 0 Å². The summed E-state index contributed by atoms with van der Waals surface area (Å²) in [5.74, 6) is 0. The van der Waals surface area contributed by atoms with Crippen molar-refractivity contribution in [1.82, 2.24) is 5.06 Å². The number of thiophene rings is 1. The molecule has 1 aromatic heterocycles. The van der Waals surface area contributed by atoms with Crippen molar-refractivity contribution in [3.05, 3.63) is 35.2 Å². The summed E-state index contributed by atoms with van der Waals surface area (Å²) in [6.07, 6.45) is 0.596. The Labute approximate surface area is 103 Å². The SMILES string of the molecule is CC(Cc1cc2ccccc2s1)N(O)C(N)=O. The summed E-state index contributed by atoms with van der Waals surface area (Å²) in [4.78, 5) is 11.9. The van der Waals surface area contributed by atoms with Crippen LogP contribution >= 0.6 is 11.3 Å². The van der Waals surface area contributed by atoms with Crippen molar-refractivity contribution in [2.24, 2.45) is 5.73 Å². The Morgan fingerprint density at radius 1 is 1.53 bits per heavy atom. The summed E-state index contributed by atoms with van der Waals surface area (Å²) in [5.41, 5.74) is 5.01. The van der Waals surface area contributed by atoms with Crippen LogP contribution in [0.15, 0.2) is 30.3 Å². The lowest BCUT2D eigenvalue weighted by Crippen LogP contribution is -2.40. The van der Waals surface area contributed by atoms with Crippen LogP contribution in [0.4, 0.5) is 4.79 Å². The Morgan fingerprint density at radius 2 is 2.24 bits per heavy atom. The molecule has 4 nitrogen and oxygen atoms in total. The molecule has 0 saturated carbocycles. The maximum Gasteiger partial charge on any atom is 0.338 e. The van der Waals surface area contributed by atoms with E-state index in [1.807, 2.05) is 18.2 Å². The van der Waals surface area contributed by atoms with Crippen LogP contribution in [-0.4, -0.2) is 22.3 Å². The van der Waals surface area contributed by atoms with E-state index in [9.17, 15) is 10.0 Å². The van der Waals surface area contributed by atoms with Gasteiger partial charge in [-0.25, -0.2) is 9.86 Å². The molecule has 0 aliphatic rings. The number of nitrogens with two attached hydrogens (primary N) is 1. The first-order chi connectivity index (χ1) is 8.08. The Hall–Kier alpha value is -1.59. The van der Waals surface area contributed by atoms with Crippen LogP contribution in [0, 0.1) is 0 Å². The second-order valence-electron chi connectivity index (χ2n) is 3.99. The highest BCUT2D eigenvalue weighted by molar-refractivity contribution is 7.19. The molecule has 2 aromatic rings. The molecule has 0 saturated heterocycles. The lowest BCUT2D eigenvalue weighted by molar-refractivity contribution is -0.0690. The maximum atomic E-state index is 10.8. The molecule has 0 fully saturated rings. The van der Waals surface area contributed by atoms with E-state index in [0.717, 1.165) is 4.88 Å². The fourth-order valence-corrected chi connectivity index (χ4v) is 2.92. The van der Waals surface area contributed by atoms with E-state index in [0.29, 0.717) is 11.5 Å². The van der Waals surface area contributed by atoms with Gasteiger partial charge in [-0.3, -0.25) is 5.21 Å². The zero-order chi connectivity index (χ0) is 12.4. The predicted octanol–water partition coefficient (Wildman–Crippen LogP) is 2.60. The number of rotatable bonds is 3. The Balaban J connectivity index is 2.15. The highest BCUT2D eigenvalue weighted by Crippen LogP contribution is 2.26. The zero-order valence-electron chi connectivity index (χ0n) is 9.46. The third kappa shape index (κ3) is 2.57. The Bertz CT molecular complexity index is 505. The number of nitrogens with zero attached hydrogens (tertiary/aromatic N) is 1. The van der Waals surface area contributed by atoms with Crippen LogP contribution in [0.1, 0.15) is 11.8 Å². The van der Waals surface area contributed by atoms with Crippen LogP contribution in [0.25, 0.3) is 10.1 Å². The second kappa shape index (κ2) is 4.73. The molecule has 2 rings (SSSR count). The number of urea groups is 1. The van der Waals surface area contributed by atoms with E-state index in [1.165, 1.54) is 10.1 Å². The standard InChI is InChI=1S/C12H14N2O2S/c1-8(14(16)12(13)15)6-10-7-9-4-2-3-5-11(9)17-10/h2-5,7-8,16H,6H2,1H3,(H2,13,15). The number of fused-ring (bicyclic) bond motifs is 1. The van der Waals surface area contributed by atoms with Gasteiger partial charge >= 0.3 is 6.03 Å². The first-order valence-corrected chi connectivity index (χ1v) is 6.14. The van der Waals surface area contributed by atoms with Gasteiger partial charge in [0, 0.05) is 16.0 Å². The van der Waals surface area contributed by atoms with Gasteiger partial charge in [-0.2, -0.15) is 0 Å². The van der Waals surface area contributed by atoms with Gasteiger partial charge in [0.1, 0.15) is 0 Å². The van der Waals surface area contributed by atoms with Crippen molar-refractivity contribution in [3.63, 3.8) is 0 Å². The van der Waals surface area contributed by atoms with E-state index < -0.39 is 6.03 Å². The third-order valence-corrected chi connectivity index (χ3v) is 3.75. The molecule has 0 aliphatic carbocycles. The van der Waals surface area contributed by atoms with Gasteiger partial charge in [0.05, 0.1) is 6.04 Å². The second-order valence-corrected chi connectivity index (χ2v) is 5.15. The molecule has 0 aliphatic heterocycles. The molecule has 0 radical (unpaired) electrons. The van der Waals surface area contributed by atoms with E-state index in [4.69, 9.17) is 5.73 Å². The summed E-state index contributed by atoms with van der Waals surface area (Å²) in [7, 11) is 0. The minimum absolute atomic E-state index is 0.319. The number of benzene rings is 1. The van der Waals surface area contributed by atoms with Crippen LogP contribution < -0.4 is 5.73 Å². The normalized spacial score (nSPS) is 12.6.